The van der Waals surface area contributed by atoms with E-state index in [1.54, 1.807) is 0 Å². The summed E-state index contributed by atoms with van der Waals surface area (Å²) >= 11 is 0. The Hall–Kier alpha value is -2.82. The number of ether oxygens (including phenoxy) is 1. The molecule has 2 aliphatic carbocycles. The Labute approximate surface area is 157 Å². The van der Waals surface area contributed by atoms with Crippen LogP contribution in [-0.4, -0.2) is 41.3 Å². The lowest BCUT2D eigenvalue weighted by Gasteiger charge is -2.59. The number of carboxylic acids is 1. The summed E-state index contributed by atoms with van der Waals surface area (Å²) in [5.74, 6) is -0.932. The first kappa shape index (κ1) is 16.4. The molecule has 5 heteroatoms. The van der Waals surface area contributed by atoms with Gasteiger partial charge in [0.2, 0.25) is 0 Å². The van der Waals surface area contributed by atoms with Crippen LogP contribution in [0.25, 0.3) is 11.1 Å². The second kappa shape index (κ2) is 5.84. The van der Waals surface area contributed by atoms with Gasteiger partial charge in [0, 0.05) is 17.9 Å². The van der Waals surface area contributed by atoms with Crippen LogP contribution in [0, 0.1) is 5.41 Å². The molecular weight excluding hydrogens is 342 g/mol. The van der Waals surface area contributed by atoms with Crippen molar-refractivity contribution < 1.29 is 19.4 Å². The molecule has 5 nitrogen and oxygen atoms in total. The van der Waals surface area contributed by atoms with Gasteiger partial charge in [-0.2, -0.15) is 0 Å². The van der Waals surface area contributed by atoms with Crippen molar-refractivity contribution in [1.29, 1.82) is 0 Å². The number of likely N-dealkylation sites (tertiary alicyclic amines) is 1. The van der Waals surface area contributed by atoms with Gasteiger partial charge in [-0.3, -0.25) is 4.90 Å². The first-order valence-corrected chi connectivity index (χ1v) is 9.45. The average Bonchev–Trinajstić information content (AvgIpc) is 2.91. The van der Waals surface area contributed by atoms with Crippen molar-refractivity contribution in [3.63, 3.8) is 0 Å². The van der Waals surface area contributed by atoms with Gasteiger partial charge in [0.15, 0.2) is 0 Å². The van der Waals surface area contributed by atoms with Crippen molar-refractivity contribution in [3.8, 4) is 11.1 Å². The number of carboxylic acid groups (broad SMARTS) is 1. The zero-order chi connectivity index (χ0) is 18.6. The quantitative estimate of drug-likeness (QED) is 0.899. The van der Waals surface area contributed by atoms with Crippen molar-refractivity contribution in [2.75, 3.05) is 13.2 Å². The van der Waals surface area contributed by atoms with Crippen LogP contribution in [0.3, 0.4) is 0 Å². The maximum Gasteiger partial charge on any atom is 0.410 e. The van der Waals surface area contributed by atoms with Gasteiger partial charge in [0.25, 0.3) is 0 Å². The number of rotatable bonds is 3. The molecule has 1 heterocycles. The van der Waals surface area contributed by atoms with E-state index in [1.165, 1.54) is 16.0 Å². The maximum absolute atomic E-state index is 12.6. The summed E-state index contributed by atoms with van der Waals surface area (Å²) in [6.45, 7) is 0.726. The number of benzene rings is 2. The highest BCUT2D eigenvalue weighted by Gasteiger charge is 2.61. The van der Waals surface area contributed by atoms with Crippen molar-refractivity contribution >= 4 is 12.1 Å². The van der Waals surface area contributed by atoms with Gasteiger partial charge in [-0.15, -0.1) is 0 Å². The molecule has 1 spiro atoms. The van der Waals surface area contributed by atoms with Crippen molar-refractivity contribution in [3.05, 3.63) is 59.7 Å². The number of amides is 1. The molecule has 0 radical (unpaired) electrons. The average molecular weight is 363 g/mol. The summed E-state index contributed by atoms with van der Waals surface area (Å²) in [5, 5.41) is 9.54. The fourth-order valence-electron chi connectivity index (χ4n) is 5.04. The third-order valence-corrected chi connectivity index (χ3v) is 6.53. The monoisotopic (exact) mass is 363 g/mol. The second-order valence-electron chi connectivity index (χ2n) is 7.89. The number of carbonyl (C=O) groups is 2. The smallest absolute Gasteiger partial charge is 0.410 e. The highest BCUT2D eigenvalue weighted by Crippen LogP contribution is 2.53. The SMILES string of the molecule is O=C(O)[C@H]1N(C(=O)OCC2c3ccccc3-c3ccccc32)CC12CCC2. The minimum atomic E-state index is -0.922. The molecule has 3 aliphatic rings. The van der Waals surface area contributed by atoms with Crippen LogP contribution in [-0.2, 0) is 9.53 Å². The Morgan fingerprint density at radius 2 is 1.63 bits per heavy atom. The molecule has 2 aromatic carbocycles. The summed E-state index contributed by atoms with van der Waals surface area (Å²) in [4.78, 5) is 25.6. The molecule has 5 rings (SSSR count). The largest absolute Gasteiger partial charge is 0.480 e. The van der Waals surface area contributed by atoms with E-state index in [-0.39, 0.29) is 17.9 Å². The topological polar surface area (TPSA) is 66.8 Å². The van der Waals surface area contributed by atoms with Crippen LogP contribution < -0.4 is 0 Å². The van der Waals surface area contributed by atoms with Crippen LogP contribution in [0.5, 0.6) is 0 Å². The Morgan fingerprint density at radius 3 is 2.15 bits per heavy atom. The predicted molar refractivity (Wildman–Crippen MR) is 99.5 cm³/mol. The maximum atomic E-state index is 12.6. The second-order valence-corrected chi connectivity index (χ2v) is 7.89. The lowest BCUT2D eigenvalue weighted by molar-refractivity contribution is -0.172. The third kappa shape index (κ3) is 2.30. The number of aliphatic carboxylic acids is 1. The fourth-order valence-corrected chi connectivity index (χ4v) is 5.04. The first-order chi connectivity index (χ1) is 13.1. The Bertz CT molecular complexity index is 888. The lowest BCUT2D eigenvalue weighted by atomic mass is 9.58. The van der Waals surface area contributed by atoms with E-state index >= 15 is 0 Å². The van der Waals surface area contributed by atoms with Crippen LogP contribution in [0.2, 0.25) is 0 Å². The number of fused-ring (bicyclic) bond motifs is 3. The van der Waals surface area contributed by atoms with E-state index in [2.05, 4.69) is 24.3 Å². The van der Waals surface area contributed by atoms with Crippen LogP contribution in [0.4, 0.5) is 4.79 Å². The summed E-state index contributed by atoms with van der Waals surface area (Å²) in [5.41, 5.74) is 4.45. The Morgan fingerprint density at radius 1 is 1.04 bits per heavy atom. The van der Waals surface area contributed by atoms with E-state index < -0.39 is 18.1 Å². The van der Waals surface area contributed by atoms with Crippen molar-refractivity contribution in [2.24, 2.45) is 5.41 Å². The highest BCUT2D eigenvalue weighted by atomic mass is 16.6. The Kier molecular flexibility index (Phi) is 3.54. The van der Waals surface area contributed by atoms with Gasteiger partial charge >= 0.3 is 12.1 Å². The van der Waals surface area contributed by atoms with Gasteiger partial charge in [-0.1, -0.05) is 55.0 Å². The molecule has 1 amide bonds. The summed E-state index contributed by atoms with van der Waals surface area (Å²) in [6.07, 6.45) is 2.30. The van der Waals surface area contributed by atoms with Crippen LogP contribution >= 0.6 is 0 Å². The molecule has 1 saturated heterocycles. The Balaban J connectivity index is 1.33. The predicted octanol–water partition coefficient (Wildman–Crippen LogP) is 3.87. The van der Waals surface area contributed by atoms with Gasteiger partial charge < -0.3 is 9.84 Å². The minimum Gasteiger partial charge on any atom is -0.480 e. The highest BCUT2D eigenvalue weighted by molar-refractivity contribution is 5.84. The third-order valence-electron chi connectivity index (χ3n) is 6.53. The summed E-state index contributed by atoms with van der Waals surface area (Å²) < 4.78 is 5.61. The van der Waals surface area contributed by atoms with Gasteiger partial charge in [-0.25, -0.2) is 9.59 Å². The van der Waals surface area contributed by atoms with Crippen LogP contribution in [0.1, 0.15) is 36.3 Å². The molecule has 0 aromatic heterocycles. The van der Waals surface area contributed by atoms with Gasteiger partial charge in [0.1, 0.15) is 12.6 Å². The van der Waals surface area contributed by atoms with E-state index in [9.17, 15) is 14.7 Å². The van der Waals surface area contributed by atoms with E-state index in [0.717, 1.165) is 30.4 Å². The lowest BCUT2D eigenvalue weighted by Crippen LogP contribution is -2.71. The molecule has 1 saturated carbocycles. The molecule has 138 valence electrons. The molecule has 1 atom stereocenters. The molecule has 2 aromatic rings. The van der Waals surface area contributed by atoms with Crippen molar-refractivity contribution in [1.82, 2.24) is 4.90 Å². The molecule has 1 N–H and O–H groups in total. The molecular formula is C22H21NO4. The zero-order valence-corrected chi connectivity index (χ0v) is 14.9. The molecule has 0 unspecified atom stereocenters. The summed E-state index contributed by atoms with van der Waals surface area (Å²) in [6, 6.07) is 15.6. The number of hydrogen-bond acceptors (Lipinski definition) is 3. The molecule has 0 bridgehead atoms. The van der Waals surface area contributed by atoms with E-state index in [4.69, 9.17) is 4.74 Å². The van der Waals surface area contributed by atoms with E-state index in [1.807, 2.05) is 24.3 Å². The first-order valence-electron chi connectivity index (χ1n) is 9.45. The molecule has 27 heavy (non-hydrogen) atoms. The molecule has 1 aliphatic heterocycles. The van der Waals surface area contributed by atoms with Crippen molar-refractivity contribution in [2.45, 2.75) is 31.2 Å². The number of carbonyl (C=O) groups excluding carboxylic acids is 1. The fraction of sp³-hybridized carbons (Fsp3) is 0.364. The summed E-state index contributed by atoms with van der Waals surface area (Å²) in [7, 11) is 0. The number of nitrogens with zero attached hydrogens (tertiary/aromatic N) is 1. The number of hydrogen-bond donors (Lipinski definition) is 1. The minimum absolute atomic E-state index is 0.0106. The van der Waals surface area contributed by atoms with Crippen LogP contribution in [0.15, 0.2) is 48.5 Å². The van der Waals surface area contributed by atoms with Gasteiger partial charge in [0.05, 0.1) is 0 Å². The molecule has 2 fully saturated rings. The van der Waals surface area contributed by atoms with Gasteiger partial charge in [-0.05, 0) is 35.1 Å². The standard InChI is InChI=1S/C22H21NO4/c24-20(25)19-22(10-5-11-22)13-23(19)21(26)27-12-18-16-8-3-1-6-14(16)15-7-2-4-9-17(15)18/h1-4,6-9,18-19H,5,10-13H2,(H,24,25)/t19-/m1/s1. The van der Waals surface area contributed by atoms with E-state index in [0.29, 0.717) is 6.54 Å². The normalized spacial score (nSPS) is 21.8. The zero-order valence-electron chi connectivity index (χ0n) is 14.9.